The van der Waals surface area contributed by atoms with Crippen molar-refractivity contribution in [2.24, 2.45) is 5.92 Å². The maximum Gasteiger partial charge on any atom is 0.314 e. The number of hydrogen-bond acceptors (Lipinski definition) is 1. The van der Waals surface area contributed by atoms with Crippen molar-refractivity contribution >= 4 is 5.97 Å². The largest absolute Gasteiger partial charge is 0.481 e. The maximum absolute atomic E-state index is 11.8. The van der Waals surface area contributed by atoms with Crippen LogP contribution in [0.2, 0.25) is 0 Å². The molecule has 0 spiro atoms. The van der Waals surface area contributed by atoms with Gasteiger partial charge in [0.05, 0.1) is 5.41 Å². The summed E-state index contributed by atoms with van der Waals surface area (Å²) in [7, 11) is 0. The molecule has 2 aliphatic carbocycles. The average molecular weight is 228 g/mol. The number of hydrogen-bond donors (Lipinski definition) is 1. The van der Waals surface area contributed by atoms with Gasteiger partial charge in [0.1, 0.15) is 0 Å². The van der Waals surface area contributed by atoms with Gasteiger partial charge in [0.2, 0.25) is 0 Å². The molecule has 3 rings (SSSR count). The molecule has 2 heteroatoms. The Hall–Kier alpha value is -1.57. The zero-order valence-electron chi connectivity index (χ0n) is 9.73. The van der Waals surface area contributed by atoms with Crippen LogP contribution in [0.4, 0.5) is 0 Å². The number of rotatable bonds is 1. The summed E-state index contributed by atoms with van der Waals surface area (Å²) in [6.07, 6.45) is 7.73. The van der Waals surface area contributed by atoms with Crippen molar-refractivity contribution in [1.82, 2.24) is 0 Å². The van der Waals surface area contributed by atoms with Crippen LogP contribution in [0, 0.1) is 5.92 Å². The molecular formula is C15H16O2. The van der Waals surface area contributed by atoms with Gasteiger partial charge in [0.15, 0.2) is 0 Å². The number of aliphatic carboxylic acids is 1. The Morgan fingerprint density at radius 1 is 1.29 bits per heavy atom. The van der Waals surface area contributed by atoms with E-state index in [9.17, 15) is 9.90 Å². The summed E-state index contributed by atoms with van der Waals surface area (Å²) in [6, 6.07) is 8.06. The van der Waals surface area contributed by atoms with Crippen molar-refractivity contribution in [3.8, 4) is 0 Å². The molecule has 0 saturated heterocycles. The van der Waals surface area contributed by atoms with Gasteiger partial charge < -0.3 is 5.11 Å². The first-order chi connectivity index (χ1) is 8.25. The Labute approximate surface area is 101 Å². The van der Waals surface area contributed by atoms with Crippen LogP contribution in [0.1, 0.15) is 30.4 Å². The van der Waals surface area contributed by atoms with Crippen molar-refractivity contribution in [2.75, 3.05) is 0 Å². The van der Waals surface area contributed by atoms with Gasteiger partial charge in [-0.2, -0.15) is 0 Å². The molecule has 1 N–H and O–H groups in total. The van der Waals surface area contributed by atoms with E-state index in [1.807, 2.05) is 24.3 Å². The predicted octanol–water partition coefficient (Wildman–Crippen LogP) is 2.92. The lowest BCUT2D eigenvalue weighted by molar-refractivity contribution is -0.147. The molecule has 2 atom stereocenters. The smallest absolute Gasteiger partial charge is 0.314 e. The van der Waals surface area contributed by atoms with Gasteiger partial charge in [0, 0.05) is 0 Å². The third kappa shape index (κ3) is 1.36. The topological polar surface area (TPSA) is 37.3 Å². The lowest BCUT2D eigenvalue weighted by atomic mass is 9.59. The summed E-state index contributed by atoms with van der Waals surface area (Å²) in [4.78, 5) is 11.8. The van der Waals surface area contributed by atoms with E-state index >= 15 is 0 Å². The summed E-state index contributed by atoms with van der Waals surface area (Å²) < 4.78 is 0. The third-order valence-corrected chi connectivity index (χ3v) is 4.37. The summed E-state index contributed by atoms with van der Waals surface area (Å²) >= 11 is 0. The van der Waals surface area contributed by atoms with Crippen LogP contribution in [0.15, 0.2) is 36.4 Å². The van der Waals surface area contributed by atoms with Gasteiger partial charge in [-0.1, -0.05) is 36.4 Å². The van der Waals surface area contributed by atoms with E-state index in [0.29, 0.717) is 6.42 Å². The lowest BCUT2D eigenvalue weighted by Gasteiger charge is -2.43. The zero-order chi connectivity index (χ0) is 11.9. The highest BCUT2D eigenvalue weighted by molar-refractivity contribution is 5.83. The van der Waals surface area contributed by atoms with Crippen molar-refractivity contribution in [1.29, 1.82) is 0 Å². The highest BCUT2D eigenvalue weighted by atomic mass is 16.4. The first-order valence-electron chi connectivity index (χ1n) is 6.22. The molecule has 0 fully saturated rings. The second-order valence-electron chi connectivity index (χ2n) is 5.08. The number of allylic oxidation sites excluding steroid dienone is 2. The number of aryl methyl sites for hydroxylation is 1. The minimum Gasteiger partial charge on any atom is -0.481 e. The van der Waals surface area contributed by atoms with Crippen LogP contribution >= 0.6 is 0 Å². The average Bonchev–Trinajstić information content (AvgIpc) is 2.38. The standard InChI is InChI=1S/C15H16O2/c16-14(17)15-10-4-3-6-12(15)9-8-11-5-1-2-7-13(11)15/h1-5,7,12H,6,8-10H2,(H,16,17)/t12-,15+/m0/s1. The molecule has 2 nitrogen and oxygen atoms in total. The van der Waals surface area contributed by atoms with Crippen LogP contribution in [0.5, 0.6) is 0 Å². The van der Waals surface area contributed by atoms with Crippen molar-refractivity contribution in [3.63, 3.8) is 0 Å². The van der Waals surface area contributed by atoms with Crippen LogP contribution < -0.4 is 0 Å². The molecule has 17 heavy (non-hydrogen) atoms. The molecule has 0 saturated carbocycles. The second kappa shape index (κ2) is 3.73. The Kier molecular flexibility index (Phi) is 2.32. The summed E-state index contributed by atoms with van der Waals surface area (Å²) in [5.41, 5.74) is 1.61. The van der Waals surface area contributed by atoms with E-state index < -0.39 is 11.4 Å². The monoisotopic (exact) mass is 228 g/mol. The van der Waals surface area contributed by atoms with Crippen LogP contribution in [-0.4, -0.2) is 11.1 Å². The molecule has 1 aromatic carbocycles. The highest BCUT2D eigenvalue weighted by Crippen LogP contribution is 2.48. The molecule has 0 aromatic heterocycles. The Bertz CT molecular complexity index is 489. The third-order valence-electron chi connectivity index (χ3n) is 4.37. The molecule has 0 bridgehead atoms. The van der Waals surface area contributed by atoms with Crippen molar-refractivity contribution in [3.05, 3.63) is 47.5 Å². The lowest BCUT2D eigenvalue weighted by Crippen LogP contribution is -2.47. The van der Waals surface area contributed by atoms with Gasteiger partial charge in [-0.05, 0) is 42.7 Å². The van der Waals surface area contributed by atoms with E-state index in [1.165, 1.54) is 5.56 Å². The van der Waals surface area contributed by atoms with E-state index in [1.54, 1.807) is 0 Å². The predicted molar refractivity (Wildman–Crippen MR) is 65.9 cm³/mol. The number of fused-ring (bicyclic) bond motifs is 3. The Balaban J connectivity index is 2.22. The number of carboxylic acid groups (broad SMARTS) is 1. The SMILES string of the molecule is O=C(O)[C@]12CC=CC[C@H]1CCc1ccccc12. The zero-order valence-corrected chi connectivity index (χ0v) is 9.73. The number of benzene rings is 1. The van der Waals surface area contributed by atoms with Crippen molar-refractivity contribution < 1.29 is 9.90 Å². The van der Waals surface area contributed by atoms with E-state index in [4.69, 9.17) is 0 Å². The second-order valence-corrected chi connectivity index (χ2v) is 5.08. The van der Waals surface area contributed by atoms with Crippen LogP contribution in [0.3, 0.4) is 0 Å². The van der Waals surface area contributed by atoms with E-state index in [2.05, 4.69) is 12.1 Å². The minimum atomic E-state index is -0.663. The van der Waals surface area contributed by atoms with Gasteiger partial charge >= 0.3 is 5.97 Å². The first-order valence-corrected chi connectivity index (χ1v) is 6.22. The molecule has 0 aliphatic heterocycles. The van der Waals surface area contributed by atoms with Gasteiger partial charge in [-0.25, -0.2) is 0 Å². The normalized spacial score (nSPS) is 30.5. The fraction of sp³-hybridized carbons (Fsp3) is 0.400. The van der Waals surface area contributed by atoms with Gasteiger partial charge in [-0.15, -0.1) is 0 Å². The fourth-order valence-electron chi connectivity index (χ4n) is 3.47. The molecule has 2 aliphatic rings. The Morgan fingerprint density at radius 3 is 2.94 bits per heavy atom. The summed E-state index contributed by atoms with van der Waals surface area (Å²) in [5.74, 6) is -0.390. The highest BCUT2D eigenvalue weighted by Gasteiger charge is 2.50. The van der Waals surface area contributed by atoms with Gasteiger partial charge in [-0.3, -0.25) is 4.79 Å². The molecule has 0 unspecified atom stereocenters. The van der Waals surface area contributed by atoms with E-state index in [-0.39, 0.29) is 5.92 Å². The minimum absolute atomic E-state index is 0.264. The maximum atomic E-state index is 11.8. The van der Waals surface area contributed by atoms with Gasteiger partial charge in [0.25, 0.3) is 0 Å². The molecule has 0 heterocycles. The summed E-state index contributed by atoms with van der Waals surface area (Å²) in [5, 5.41) is 9.74. The van der Waals surface area contributed by atoms with Crippen LogP contribution in [-0.2, 0) is 16.6 Å². The first kappa shape index (κ1) is 10.6. The fourth-order valence-corrected chi connectivity index (χ4v) is 3.47. The van der Waals surface area contributed by atoms with Crippen molar-refractivity contribution in [2.45, 2.75) is 31.1 Å². The molecule has 0 radical (unpaired) electrons. The quantitative estimate of drug-likeness (QED) is 0.750. The number of carbonyl (C=O) groups is 1. The Morgan fingerprint density at radius 2 is 2.12 bits per heavy atom. The number of carboxylic acids is 1. The van der Waals surface area contributed by atoms with Crippen LogP contribution in [0.25, 0.3) is 0 Å². The molecule has 0 amide bonds. The van der Waals surface area contributed by atoms with E-state index in [0.717, 1.165) is 24.8 Å². The summed E-state index contributed by atoms with van der Waals surface area (Å²) in [6.45, 7) is 0. The molecule has 1 aromatic rings. The molecule has 88 valence electrons. The molecular weight excluding hydrogens is 212 g/mol.